The van der Waals surface area contributed by atoms with Crippen LogP contribution in [0.2, 0.25) is 0 Å². The molecule has 2 aromatic rings. The average molecular weight is 223 g/mol. The lowest BCUT2D eigenvalue weighted by Crippen LogP contribution is -2.03. The van der Waals surface area contributed by atoms with Gasteiger partial charge in [0.15, 0.2) is 0 Å². The molecule has 1 saturated carbocycles. The largest absolute Gasteiger partial charge is 0.497 e. The van der Waals surface area contributed by atoms with Crippen LogP contribution in [0.4, 0.5) is 0 Å². The molecule has 0 unspecified atom stereocenters. The molecular formula is C15H13NO. The molecule has 0 spiro atoms. The zero-order valence-corrected chi connectivity index (χ0v) is 9.73. The highest BCUT2D eigenvalue weighted by atomic mass is 16.5. The molecule has 0 atom stereocenters. The maximum atomic E-state index is 9.31. The zero-order valence-electron chi connectivity index (χ0n) is 9.73. The molecule has 1 aliphatic rings. The van der Waals surface area contributed by atoms with Gasteiger partial charge in [-0.25, -0.2) is 0 Å². The monoisotopic (exact) mass is 223 g/mol. The molecule has 0 N–H and O–H groups in total. The number of hydrogen-bond donors (Lipinski definition) is 0. The van der Waals surface area contributed by atoms with Crippen LogP contribution >= 0.6 is 0 Å². The Morgan fingerprint density at radius 3 is 2.71 bits per heavy atom. The number of rotatable bonds is 2. The number of nitrogens with zero attached hydrogens (tertiary/aromatic N) is 1. The van der Waals surface area contributed by atoms with Crippen molar-refractivity contribution >= 4 is 10.8 Å². The topological polar surface area (TPSA) is 33.0 Å². The molecule has 2 aromatic carbocycles. The Labute approximate surface area is 100 Å². The summed E-state index contributed by atoms with van der Waals surface area (Å²) >= 11 is 0. The lowest BCUT2D eigenvalue weighted by molar-refractivity contribution is 0.415. The summed E-state index contributed by atoms with van der Waals surface area (Å²) in [5.74, 6) is 0.846. The highest BCUT2D eigenvalue weighted by Gasteiger charge is 2.45. The number of hydrogen-bond acceptors (Lipinski definition) is 2. The van der Waals surface area contributed by atoms with Gasteiger partial charge in [0.05, 0.1) is 18.6 Å². The van der Waals surface area contributed by atoms with Crippen LogP contribution in [0, 0.1) is 11.3 Å². The summed E-state index contributed by atoms with van der Waals surface area (Å²) < 4.78 is 5.26. The minimum Gasteiger partial charge on any atom is -0.497 e. The van der Waals surface area contributed by atoms with Gasteiger partial charge in [0.2, 0.25) is 0 Å². The number of benzene rings is 2. The van der Waals surface area contributed by atoms with E-state index in [-0.39, 0.29) is 5.41 Å². The van der Waals surface area contributed by atoms with Crippen molar-refractivity contribution in [2.45, 2.75) is 18.3 Å². The third-order valence-corrected chi connectivity index (χ3v) is 3.57. The number of ether oxygens (including phenoxy) is 1. The Balaban J connectivity index is 2.28. The molecule has 0 amide bonds. The van der Waals surface area contributed by atoms with Gasteiger partial charge in [-0.2, -0.15) is 5.26 Å². The van der Waals surface area contributed by atoms with E-state index in [4.69, 9.17) is 4.74 Å². The van der Waals surface area contributed by atoms with E-state index in [2.05, 4.69) is 18.2 Å². The Hall–Kier alpha value is -2.01. The van der Waals surface area contributed by atoms with Crippen LogP contribution in [0.1, 0.15) is 18.4 Å². The van der Waals surface area contributed by atoms with Crippen molar-refractivity contribution in [1.29, 1.82) is 5.26 Å². The van der Waals surface area contributed by atoms with Crippen molar-refractivity contribution in [2.24, 2.45) is 0 Å². The van der Waals surface area contributed by atoms with E-state index in [1.54, 1.807) is 7.11 Å². The molecule has 17 heavy (non-hydrogen) atoms. The van der Waals surface area contributed by atoms with E-state index < -0.39 is 0 Å². The molecule has 3 rings (SSSR count). The van der Waals surface area contributed by atoms with Crippen LogP contribution in [0.5, 0.6) is 5.75 Å². The third-order valence-electron chi connectivity index (χ3n) is 3.57. The summed E-state index contributed by atoms with van der Waals surface area (Å²) in [7, 11) is 1.67. The highest BCUT2D eigenvalue weighted by molar-refractivity contribution is 5.89. The fourth-order valence-corrected chi connectivity index (χ4v) is 2.36. The van der Waals surface area contributed by atoms with Crippen LogP contribution < -0.4 is 4.74 Å². The first kappa shape index (κ1) is 10.2. The van der Waals surface area contributed by atoms with Gasteiger partial charge in [0.25, 0.3) is 0 Å². The van der Waals surface area contributed by atoms with Gasteiger partial charge in [-0.1, -0.05) is 24.3 Å². The fraction of sp³-hybridized carbons (Fsp3) is 0.267. The summed E-state index contributed by atoms with van der Waals surface area (Å²) in [4.78, 5) is 0. The van der Waals surface area contributed by atoms with E-state index in [0.29, 0.717) is 0 Å². The van der Waals surface area contributed by atoms with Crippen LogP contribution in [0.25, 0.3) is 10.8 Å². The molecule has 1 aliphatic carbocycles. The minimum atomic E-state index is -0.244. The standard InChI is InChI=1S/C15H13NO/c1-17-12-6-5-11-3-2-4-14(13(11)9-12)15(10-16)7-8-15/h2-6,9H,7-8H2,1H3. The van der Waals surface area contributed by atoms with Crippen molar-refractivity contribution in [3.63, 3.8) is 0 Å². The maximum absolute atomic E-state index is 9.31. The van der Waals surface area contributed by atoms with Gasteiger partial charge < -0.3 is 4.74 Å². The highest BCUT2D eigenvalue weighted by Crippen LogP contribution is 2.49. The summed E-state index contributed by atoms with van der Waals surface area (Å²) in [5.41, 5.74) is 0.905. The average Bonchev–Trinajstić information content (AvgIpc) is 3.18. The van der Waals surface area contributed by atoms with Crippen molar-refractivity contribution in [3.8, 4) is 11.8 Å². The van der Waals surface area contributed by atoms with Gasteiger partial charge in [-0.3, -0.25) is 0 Å². The van der Waals surface area contributed by atoms with Crippen LogP contribution in [0.15, 0.2) is 36.4 Å². The molecule has 84 valence electrons. The van der Waals surface area contributed by atoms with E-state index in [0.717, 1.165) is 29.5 Å². The molecule has 0 radical (unpaired) electrons. The van der Waals surface area contributed by atoms with Gasteiger partial charge in [-0.15, -0.1) is 0 Å². The Kier molecular flexibility index (Phi) is 2.09. The molecule has 0 aromatic heterocycles. The van der Waals surface area contributed by atoms with Crippen LogP contribution in [0.3, 0.4) is 0 Å². The quantitative estimate of drug-likeness (QED) is 0.781. The van der Waals surface area contributed by atoms with E-state index in [9.17, 15) is 5.26 Å². The van der Waals surface area contributed by atoms with Gasteiger partial charge in [-0.05, 0) is 41.3 Å². The van der Waals surface area contributed by atoms with Crippen LogP contribution in [-0.4, -0.2) is 7.11 Å². The lowest BCUT2D eigenvalue weighted by Gasteiger charge is -2.11. The number of fused-ring (bicyclic) bond motifs is 1. The Bertz CT molecular complexity index is 620. The van der Waals surface area contributed by atoms with E-state index in [1.165, 1.54) is 5.39 Å². The summed E-state index contributed by atoms with van der Waals surface area (Å²) in [6, 6.07) is 14.7. The molecule has 1 fully saturated rings. The zero-order chi connectivity index (χ0) is 11.9. The minimum absolute atomic E-state index is 0.244. The van der Waals surface area contributed by atoms with E-state index >= 15 is 0 Å². The molecular weight excluding hydrogens is 210 g/mol. The summed E-state index contributed by atoms with van der Waals surface area (Å²) in [6.07, 6.45) is 1.94. The summed E-state index contributed by atoms with van der Waals surface area (Å²) in [5, 5.41) is 11.6. The Morgan fingerprint density at radius 2 is 2.06 bits per heavy atom. The van der Waals surface area contributed by atoms with Crippen molar-refractivity contribution < 1.29 is 4.74 Å². The Morgan fingerprint density at radius 1 is 1.24 bits per heavy atom. The van der Waals surface area contributed by atoms with Gasteiger partial charge in [0.1, 0.15) is 5.75 Å². The van der Waals surface area contributed by atoms with Crippen LogP contribution in [-0.2, 0) is 5.41 Å². The molecule has 2 heteroatoms. The predicted octanol–water partition coefficient (Wildman–Crippen LogP) is 3.40. The van der Waals surface area contributed by atoms with E-state index in [1.807, 2.05) is 24.3 Å². The van der Waals surface area contributed by atoms with Gasteiger partial charge in [0, 0.05) is 0 Å². The smallest absolute Gasteiger partial charge is 0.119 e. The van der Waals surface area contributed by atoms with Gasteiger partial charge >= 0.3 is 0 Å². The first-order valence-electron chi connectivity index (χ1n) is 5.78. The normalized spacial score (nSPS) is 16.5. The number of methoxy groups -OCH3 is 1. The first-order chi connectivity index (χ1) is 8.29. The van der Waals surface area contributed by atoms with Crippen molar-refractivity contribution in [2.75, 3.05) is 7.11 Å². The molecule has 0 saturated heterocycles. The fourth-order valence-electron chi connectivity index (χ4n) is 2.36. The second-order valence-corrected chi connectivity index (χ2v) is 4.59. The lowest BCUT2D eigenvalue weighted by atomic mass is 9.92. The van der Waals surface area contributed by atoms with Crippen molar-refractivity contribution in [1.82, 2.24) is 0 Å². The second-order valence-electron chi connectivity index (χ2n) is 4.59. The predicted molar refractivity (Wildman–Crippen MR) is 67.0 cm³/mol. The molecule has 0 bridgehead atoms. The first-order valence-corrected chi connectivity index (χ1v) is 5.78. The summed E-state index contributed by atoms with van der Waals surface area (Å²) in [6.45, 7) is 0. The molecule has 0 heterocycles. The third kappa shape index (κ3) is 1.47. The SMILES string of the molecule is COc1ccc2cccc(C3(C#N)CC3)c2c1. The molecule has 0 aliphatic heterocycles. The maximum Gasteiger partial charge on any atom is 0.119 e. The number of nitriles is 1. The molecule has 2 nitrogen and oxygen atoms in total. The van der Waals surface area contributed by atoms with Crippen molar-refractivity contribution in [3.05, 3.63) is 42.0 Å². The second kappa shape index (κ2) is 3.49.